The zero-order valence-electron chi connectivity index (χ0n) is 7.18. The molecule has 0 atom stereocenters. The summed E-state index contributed by atoms with van der Waals surface area (Å²) in [7, 11) is -1.49. The van der Waals surface area contributed by atoms with Crippen LogP contribution < -0.4 is 5.46 Å². The minimum Gasteiger partial charge on any atom is -0.423 e. The van der Waals surface area contributed by atoms with Crippen LogP contribution in [0.4, 0.5) is 0 Å². The maximum atomic E-state index is 9.10. The predicted molar refractivity (Wildman–Crippen MR) is 56.6 cm³/mol. The lowest BCUT2D eigenvalue weighted by Gasteiger charge is -2.04. The lowest BCUT2D eigenvalue weighted by molar-refractivity contribution is 0.426. The number of benzene rings is 1. The van der Waals surface area contributed by atoms with Crippen LogP contribution in [0.1, 0.15) is 0 Å². The maximum Gasteiger partial charge on any atom is 0.489 e. The summed E-state index contributed by atoms with van der Waals surface area (Å²) < 4.78 is 0. The van der Waals surface area contributed by atoms with Crippen LogP contribution in [-0.2, 0) is 0 Å². The van der Waals surface area contributed by atoms with Crippen molar-refractivity contribution in [2.75, 3.05) is 0 Å². The molecule has 2 N–H and O–H groups in total. The topological polar surface area (TPSA) is 53.4 Å². The molecule has 2 aromatic rings. The molecule has 0 aliphatic rings. The number of aromatic nitrogens is 1. The van der Waals surface area contributed by atoms with Gasteiger partial charge in [-0.05, 0) is 22.3 Å². The number of rotatable bonds is 1. The second kappa shape index (κ2) is 3.57. The molecule has 2 rings (SSSR count). The van der Waals surface area contributed by atoms with Gasteiger partial charge in [-0.3, -0.25) is 0 Å². The summed E-state index contributed by atoms with van der Waals surface area (Å²) in [5.74, 6) is 0. The summed E-state index contributed by atoms with van der Waals surface area (Å²) >= 11 is 5.72. The van der Waals surface area contributed by atoms with Crippen LogP contribution in [-0.4, -0.2) is 22.2 Å². The highest BCUT2D eigenvalue weighted by molar-refractivity contribution is 6.62. The Balaban J connectivity index is 2.77. The summed E-state index contributed by atoms with van der Waals surface area (Å²) in [6, 6.07) is 6.84. The number of nitrogens with zero attached hydrogens (tertiary/aromatic N) is 1. The molecule has 0 amide bonds. The average molecular weight is 207 g/mol. The Morgan fingerprint density at radius 1 is 1.29 bits per heavy atom. The van der Waals surface area contributed by atoms with E-state index in [-0.39, 0.29) is 0 Å². The molecular weight excluding hydrogens is 200 g/mol. The van der Waals surface area contributed by atoms with Gasteiger partial charge < -0.3 is 10.0 Å². The van der Waals surface area contributed by atoms with Crippen LogP contribution in [0, 0.1) is 0 Å². The van der Waals surface area contributed by atoms with E-state index < -0.39 is 7.12 Å². The Hall–Kier alpha value is -1.10. The highest BCUT2D eigenvalue weighted by Crippen LogP contribution is 2.14. The standard InChI is InChI=1S/C9H7BClNO2/c11-9-4-7-6(5-12-9)2-1-3-8(7)10(13)14/h1-5,13-14H. The third-order valence-corrected chi connectivity index (χ3v) is 2.25. The summed E-state index contributed by atoms with van der Waals surface area (Å²) in [5, 5.41) is 20.1. The third-order valence-electron chi connectivity index (χ3n) is 2.04. The lowest BCUT2D eigenvalue weighted by atomic mass is 9.77. The van der Waals surface area contributed by atoms with Gasteiger partial charge in [0.2, 0.25) is 0 Å². The van der Waals surface area contributed by atoms with Gasteiger partial charge in [0, 0.05) is 6.20 Å². The van der Waals surface area contributed by atoms with Crippen LogP contribution in [0.2, 0.25) is 5.15 Å². The molecular formula is C9H7BClNO2. The Morgan fingerprint density at radius 2 is 2.07 bits per heavy atom. The molecule has 14 heavy (non-hydrogen) atoms. The zero-order valence-corrected chi connectivity index (χ0v) is 7.94. The molecule has 1 aromatic heterocycles. The summed E-state index contributed by atoms with van der Waals surface area (Å²) in [4.78, 5) is 3.91. The smallest absolute Gasteiger partial charge is 0.423 e. The molecule has 0 saturated carbocycles. The SMILES string of the molecule is OB(O)c1cccc2cnc(Cl)cc12. The van der Waals surface area contributed by atoms with E-state index in [1.165, 1.54) is 0 Å². The van der Waals surface area contributed by atoms with Crippen LogP contribution in [0.25, 0.3) is 10.8 Å². The van der Waals surface area contributed by atoms with Crippen LogP contribution in [0.3, 0.4) is 0 Å². The minimum absolute atomic E-state index is 0.339. The van der Waals surface area contributed by atoms with Crippen molar-refractivity contribution in [1.82, 2.24) is 4.98 Å². The number of hydrogen-bond acceptors (Lipinski definition) is 3. The summed E-state index contributed by atoms with van der Waals surface area (Å²) in [6.07, 6.45) is 1.60. The molecule has 0 radical (unpaired) electrons. The van der Waals surface area contributed by atoms with Gasteiger partial charge in [0.25, 0.3) is 0 Å². The van der Waals surface area contributed by atoms with Crippen molar-refractivity contribution in [3.05, 3.63) is 35.6 Å². The molecule has 0 aliphatic carbocycles. The Bertz CT molecular complexity index is 475. The van der Waals surface area contributed by atoms with E-state index in [1.54, 1.807) is 24.4 Å². The van der Waals surface area contributed by atoms with Crippen molar-refractivity contribution in [3.63, 3.8) is 0 Å². The fourth-order valence-corrected chi connectivity index (χ4v) is 1.55. The third kappa shape index (κ3) is 1.59. The summed E-state index contributed by atoms with van der Waals surface area (Å²) in [5.41, 5.74) is 0.437. The van der Waals surface area contributed by atoms with E-state index in [2.05, 4.69) is 4.98 Å². The summed E-state index contributed by atoms with van der Waals surface area (Å²) in [6.45, 7) is 0. The van der Waals surface area contributed by atoms with Crippen LogP contribution in [0.5, 0.6) is 0 Å². The molecule has 3 nitrogen and oxygen atoms in total. The zero-order chi connectivity index (χ0) is 10.1. The van der Waals surface area contributed by atoms with E-state index in [0.717, 1.165) is 5.39 Å². The molecule has 0 fully saturated rings. The molecule has 1 heterocycles. The molecule has 0 bridgehead atoms. The maximum absolute atomic E-state index is 9.10. The first-order chi connectivity index (χ1) is 6.68. The number of hydrogen-bond donors (Lipinski definition) is 2. The van der Waals surface area contributed by atoms with Gasteiger partial charge in [0.05, 0.1) is 0 Å². The van der Waals surface area contributed by atoms with Gasteiger partial charge in [-0.1, -0.05) is 29.8 Å². The van der Waals surface area contributed by atoms with Crippen LogP contribution >= 0.6 is 11.6 Å². The van der Waals surface area contributed by atoms with Crippen molar-refractivity contribution in [2.45, 2.75) is 0 Å². The number of fused-ring (bicyclic) bond motifs is 1. The van der Waals surface area contributed by atoms with Gasteiger partial charge in [0.15, 0.2) is 0 Å². The molecule has 70 valence electrons. The fourth-order valence-electron chi connectivity index (χ4n) is 1.39. The van der Waals surface area contributed by atoms with Gasteiger partial charge in [-0.2, -0.15) is 0 Å². The van der Waals surface area contributed by atoms with Gasteiger partial charge in [-0.15, -0.1) is 0 Å². The van der Waals surface area contributed by atoms with Crippen molar-refractivity contribution >= 4 is 35.0 Å². The van der Waals surface area contributed by atoms with Crippen LogP contribution in [0.15, 0.2) is 30.5 Å². The van der Waals surface area contributed by atoms with E-state index >= 15 is 0 Å². The quantitative estimate of drug-likeness (QED) is 0.531. The molecule has 0 spiro atoms. The first-order valence-electron chi connectivity index (χ1n) is 4.09. The average Bonchev–Trinajstić information content (AvgIpc) is 2.16. The van der Waals surface area contributed by atoms with Gasteiger partial charge in [-0.25, -0.2) is 4.98 Å². The van der Waals surface area contributed by atoms with E-state index in [0.29, 0.717) is 16.0 Å². The largest absolute Gasteiger partial charge is 0.489 e. The van der Waals surface area contributed by atoms with E-state index in [9.17, 15) is 0 Å². The Morgan fingerprint density at radius 3 is 2.79 bits per heavy atom. The highest BCUT2D eigenvalue weighted by atomic mass is 35.5. The van der Waals surface area contributed by atoms with Crippen molar-refractivity contribution in [1.29, 1.82) is 0 Å². The van der Waals surface area contributed by atoms with Crippen molar-refractivity contribution in [3.8, 4) is 0 Å². The number of halogens is 1. The van der Waals surface area contributed by atoms with Crippen molar-refractivity contribution in [2.24, 2.45) is 0 Å². The molecule has 0 aliphatic heterocycles. The van der Waals surface area contributed by atoms with E-state index in [1.807, 2.05) is 6.07 Å². The Labute approximate surface area is 86.1 Å². The van der Waals surface area contributed by atoms with E-state index in [4.69, 9.17) is 21.6 Å². The number of pyridine rings is 1. The van der Waals surface area contributed by atoms with Gasteiger partial charge in [0.1, 0.15) is 5.15 Å². The first kappa shape index (κ1) is 9.46. The normalized spacial score (nSPS) is 10.5. The second-order valence-corrected chi connectivity index (χ2v) is 3.34. The Kier molecular flexibility index (Phi) is 2.41. The molecule has 5 heteroatoms. The molecule has 1 aromatic carbocycles. The first-order valence-corrected chi connectivity index (χ1v) is 4.46. The van der Waals surface area contributed by atoms with Crippen molar-refractivity contribution < 1.29 is 10.0 Å². The van der Waals surface area contributed by atoms with Gasteiger partial charge >= 0.3 is 7.12 Å². The minimum atomic E-state index is -1.49. The lowest BCUT2D eigenvalue weighted by Crippen LogP contribution is -2.30. The monoisotopic (exact) mass is 207 g/mol. The molecule has 0 unspecified atom stereocenters. The predicted octanol–water partition coefficient (Wildman–Crippen LogP) is 0.568. The molecule has 0 saturated heterocycles. The second-order valence-electron chi connectivity index (χ2n) is 2.95. The fraction of sp³-hybridized carbons (Fsp3) is 0. The highest BCUT2D eigenvalue weighted by Gasteiger charge is 2.14.